The molecule has 116 valence electrons. The molecule has 23 heavy (non-hydrogen) atoms. The van der Waals surface area contributed by atoms with Crippen LogP contribution in [0.4, 0.5) is 0 Å². The van der Waals surface area contributed by atoms with Crippen molar-refractivity contribution in [3.63, 3.8) is 0 Å². The molecule has 0 fully saturated rings. The number of aryl methyl sites for hydroxylation is 3. The molecule has 0 N–H and O–H groups in total. The molecule has 0 saturated heterocycles. The first-order valence-corrected chi connectivity index (χ1v) is 7.73. The van der Waals surface area contributed by atoms with E-state index in [4.69, 9.17) is 5.26 Å². The fourth-order valence-corrected chi connectivity index (χ4v) is 2.38. The van der Waals surface area contributed by atoms with Crippen molar-refractivity contribution in [1.29, 1.82) is 5.26 Å². The molecule has 0 radical (unpaired) electrons. The van der Waals surface area contributed by atoms with Gasteiger partial charge in [0.15, 0.2) is 0 Å². The van der Waals surface area contributed by atoms with E-state index in [1.54, 1.807) is 0 Å². The molecule has 0 saturated carbocycles. The van der Waals surface area contributed by atoms with Crippen molar-refractivity contribution in [3.05, 3.63) is 59.6 Å². The minimum atomic E-state index is 0. The van der Waals surface area contributed by atoms with Gasteiger partial charge in [-0.2, -0.15) is 11.7 Å². The van der Waals surface area contributed by atoms with Gasteiger partial charge in [0.2, 0.25) is 0 Å². The first-order valence-electron chi connectivity index (χ1n) is 7.73. The predicted octanol–water partition coefficient (Wildman–Crippen LogP) is 2.36. The van der Waals surface area contributed by atoms with Crippen LogP contribution in [0.1, 0.15) is 42.1 Å². The van der Waals surface area contributed by atoms with Gasteiger partial charge in [0.1, 0.15) is 0 Å². The summed E-state index contributed by atoms with van der Waals surface area (Å²) >= 11 is 0. The predicted molar refractivity (Wildman–Crippen MR) is 93.5 cm³/mol. The van der Waals surface area contributed by atoms with Crippen LogP contribution in [0, 0.1) is 39.0 Å². The second-order valence-corrected chi connectivity index (χ2v) is 5.48. The van der Waals surface area contributed by atoms with Crippen LogP contribution in [0.25, 0.3) is 11.3 Å². The van der Waals surface area contributed by atoms with Crippen molar-refractivity contribution < 1.29 is 18.9 Å². The summed E-state index contributed by atoms with van der Waals surface area (Å²) in [4.78, 5) is 4.56. The summed E-state index contributed by atoms with van der Waals surface area (Å²) in [5, 5.41) is 8.74. The van der Waals surface area contributed by atoms with Gasteiger partial charge in [-0.1, -0.05) is 37.1 Å². The third-order valence-corrected chi connectivity index (χ3v) is 3.35. The van der Waals surface area contributed by atoms with Crippen LogP contribution < -0.4 is 18.9 Å². The first-order chi connectivity index (χ1) is 10.5. The third kappa shape index (κ3) is 6.62. The van der Waals surface area contributed by atoms with Crippen LogP contribution in [0.15, 0.2) is 30.3 Å². The number of nitrogens with zero attached hydrogens (tertiary/aromatic N) is 2. The SMILES string of the molecule is Cc1cc(C)c(-c2cccc(CC#N)n2)c(C)c1.[CH2-]CCC.[Li+]. The van der Waals surface area contributed by atoms with Gasteiger partial charge in [0.05, 0.1) is 23.9 Å². The van der Waals surface area contributed by atoms with Crippen molar-refractivity contribution >= 4 is 0 Å². The van der Waals surface area contributed by atoms with E-state index >= 15 is 0 Å². The smallest absolute Gasteiger partial charge is 0.343 e. The van der Waals surface area contributed by atoms with Gasteiger partial charge < -0.3 is 6.92 Å². The number of nitriles is 1. The Morgan fingerprint density at radius 2 is 1.70 bits per heavy atom. The van der Waals surface area contributed by atoms with Crippen molar-refractivity contribution in [2.24, 2.45) is 0 Å². The Morgan fingerprint density at radius 1 is 1.13 bits per heavy atom. The van der Waals surface area contributed by atoms with E-state index in [2.05, 4.69) is 57.8 Å². The summed E-state index contributed by atoms with van der Waals surface area (Å²) in [6.07, 6.45) is 2.64. The van der Waals surface area contributed by atoms with Gasteiger partial charge in [0.25, 0.3) is 0 Å². The molecule has 2 rings (SSSR count). The maximum atomic E-state index is 8.74. The molecule has 1 aromatic carbocycles. The second kappa shape index (κ2) is 11.1. The second-order valence-electron chi connectivity index (χ2n) is 5.48. The third-order valence-electron chi connectivity index (χ3n) is 3.35. The van der Waals surface area contributed by atoms with E-state index in [0.717, 1.165) is 17.8 Å². The number of hydrogen-bond acceptors (Lipinski definition) is 2. The molecule has 2 nitrogen and oxygen atoms in total. The molecule has 0 aliphatic heterocycles. The molecular formula is C20H25LiN2. The van der Waals surface area contributed by atoms with Crippen LogP contribution in [-0.4, -0.2) is 4.98 Å². The number of rotatable bonds is 3. The summed E-state index contributed by atoms with van der Waals surface area (Å²) in [7, 11) is 0. The van der Waals surface area contributed by atoms with E-state index in [1.807, 2.05) is 18.2 Å². The molecule has 0 bridgehead atoms. The van der Waals surface area contributed by atoms with Crippen LogP contribution in [0.3, 0.4) is 0 Å². The number of unbranched alkanes of at least 4 members (excludes halogenated alkanes) is 1. The first kappa shape index (κ1) is 21.5. The summed E-state index contributed by atoms with van der Waals surface area (Å²) in [6, 6.07) is 12.3. The molecule has 1 aromatic heterocycles. The number of hydrogen-bond donors (Lipinski definition) is 0. The minimum absolute atomic E-state index is 0. The summed E-state index contributed by atoms with van der Waals surface area (Å²) < 4.78 is 0. The zero-order chi connectivity index (χ0) is 16.5. The molecule has 0 spiro atoms. The zero-order valence-corrected chi connectivity index (χ0v) is 15.1. The maximum absolute atomic E-state index is 8.74. The Kier molecular flexibility index (Phi) is 10.3. The Bertz CT molecular complexity index is 632. The van der Waals surface area contributed by atoms with Crippen molar-refractivity contribution in [3.8, 4) is 17.3 Å². The van der Waals surface area contributed by atoms with Crippen LogP contribution >= 0.6 is 0 Å². The van der Waals surface area contributed by atoms with Crippen LogP contribution in [0.2, 0.25) is 0 Å². The van der Waals surface area contributed by atoms with Gasteiger partial charge in [-0.3, -0.25) is 4.98 Å². The van der Waals surface area contributed by atoms with E-state index in [9.17, 15) is 0 Å². The minimum Gasteiger partial charge on any atom is -0.343 e. The fourth-order valence-electron chi connectivity index (χ4n) is 2.38. The average molecular weight is 300 g/mol. The van der Waals surface area contributed by atoms with Gasteiger partial charge in [-0.15, -0.1) is 0 Å². The van der Waals surface area contributed by atoms with Crippen molar-refractivity contribution in [1.82, 2.24) is 4.98 Å². The number of benzene rings is 1. The maximum Gasteiger partial charge on any atom is 1.00 e. The topological polar surface area (TPSA) is 36.7 Å². The Labute approximate surface area is 153 Å². The fraction of sp³-hybridized carbons (Fsp3) is 0.350. The molecule has 0 unspecified atom stereocenters. The van der Waals surface area contributed by atoms with E-state index in [-0.39, 0.29) is 18.9 Å². The summed E-state index contributed by atoms with van der Waals surface area (Å²) in [5.41, 5.74) is 6.69. The van der Waals surface area contributed by atoms with Crippen LogP contribution in [0.5, 0.6) is 0 Å². The van der Waals surface area contributed by atoms with Gasteiger partial charge >= 0.3 is 18.9 Å². The van der Waals surface area contributed by atoms with Gasteiger partial charge in [-0.25, -0.2) is 0 Å². The average Bonchev–Trinajstić information content (AvgIpc) is 2.47. The molecule has 0 amide bonds. The van der Waals surface area contributed by atoms with Crippen LogP contribution in [-0.2, 0) is 6.42 Å². The number of aromatic nitrogens is 1. The van der Waals surface area contributed by atoms with Crippen molar-refractivity contribution in [2.75, 3.05) is 0 Å². The molecule has 2 aromatic rings. The standard InChI is InChI=1S/C16H16N2.C4H9.Li/c1-11-9-12(2)16(13(3)10-11)15-6-4-5-14(18-15)7-8-17;1-3-4-2;/h4-6,9-10H,7H2,1-3H3;1,3-4H2,2H3;/q;-1;+1. The quantitative estimate of drug-likeness (QED) is 0.644. The molecular weight excluding hydrogens is 275 g/mol. The van der Waals surface area contributed by atoms with E-state index < -0.39 is 0 Å². The Hall–Kier alpha value is -1.54. The van der Waals surface area contributed by atoms with Gasteiger partial charge in [0, 0.05) is 5.56 Å². The number of pyridine rings is 1. The molecule has 0 aliphatic carbocycles. The van der Waals surface area contributed by atoms with Gasteiger partial charge in [-0.05, 0) is 44.0 Å². The molecule has 1 heterocycles. The Balaban J connectivity index is 0.000000871. The molecule has 3 heteroatoms. The molecule has 0 aliphatic rings. The monoisotopic (exact) mass is 300 g/mol. The zero-order valence-electron chi connectivity index (χ0n) is 15.1. The Morgan fingerprint density at radius 3 is 2.17 bits per heavy atom. The summed E-state index contributed by atoms with van der Waals surface area (Å²) in [5.74, 6) is 0. The molecule has 0 atom stereocenters. The van der Waals surface area contributed by atoms with E-state index in [1.165, 1.54) is 28.7 Å². The summed E-state index contributed by atoms with van der Waals surface area (Å²) in [6.45, 7) is 12.0. The largest absolute Gasteiger partial charge is 1.00 e. The van der Waals surface area contributed by atoms with E-state index in [0.29, 0.717) is 6.42 Å². The normalized spacial score (nSPS) is 9.22. The van der Waals surface area contributed by atoms with Crippen molar-refractivity contribution in [2.45, 2.75) is 47.0 Å².